The van der Waals surface area contributed by atoms with Crippen LogP contribution in [0.2, 0.25) is 0 Å². The Morgan fingerprint density at radius 2 is 0.763 bits per heavy atom. The van der Waals surface area contributed by atoms with Crippen LogP contribution in [-0.2, 0) is 9.59 Å². The number of carbonyl (C=O) groups excluding carboxylic acids is 1. The fourth-order valence-corrected chi connectivity index (χ4v) is 4.66. The smallest absolute Gasteiger partial charge is 0.303 e. The number of primary amides is 1. The van der Waals surface area contributed by atoms with Crippen molar-refractivity contribution in [3.05, 3.63) is 12.2 Å². The lowest BCUT2D eigenvalue weighted by atomic mass is 10.0. The van der Waals surface area contributed by atoms with Gasteiger partial charge in [0, 0.05) is 12.8 Å². The quantitative estimate of drug-likeness (QED) is 0.0735. The van der Waals surface area contributed by atoms with Crippen LogP contribution < -0.4 is 5.73 Å². The number of hydrogen-bond acceptors (Lipinski definition) is 2. The largest absolute Gasteiger partial charge is 0.481 e. The summed E-state index contributed by atoms with van der Waals surface area (Å²) < 4.78 is 0. The molecule has 0 heterocycles. The lowest BCUT2D eigenvalue weighted by Crippen LogP contribution is -2.09. The predicted octanol–water partition coefficient (Wildman–Crippen LogP) is 11.1. The molecule has 0 saturated heterocycles. The molecule has 0 fully saturated rings. The molecule has 0 aliphatic rings. The standard InChI is InChI=1S/C18H35NO.C16H32O2/c1-2-3-4-5-6-7-8-9-10-11-12-13-14-15-16-17-18(19)20;1-2-3-4-5-6-7-8-9-10-11-12-13-14-15-16(17)18/h9-10H,2-8,11-17H2,1H3,(H2,19,20);2-15H2,1H3,(H,17,18)/b10-9-;. The first-order valence-corrected chi connectivity index (χ1v) is 16.7. The fourth-order valence-electron chi connectivity index (χ4n) is 4.66. The summed E-state index contributed by atoms with van der Waals surface area (Å²) in [6, 6.07) is 0. The third-order valence-electron chi connectivity index (χ3n) is 7.18. The van der Waals surface area contributed by atoms with Crippen molar-refractivity contribution in [1.82, 2.24) is 0 Å². The molecule has 0 bridgehead atoms. The van der Waals surface area contributed by atoms with Crippen LogP contribution in [0.4, 0.5) is 0 Å². The number of nitrogens with two attached hydrogens (primary N) is 1. The molecule has 38 heavy (non-hydrogen) atoms. The van der Waals surface area contributed by atoms with Crippen LogP contribution in [0.5, 0.6) is 0 Å². The second kappa shape index (κ2) is 35.7. The van der Waals surface area contributed by atoms with Crippen molar-refractivity contribution >= 4 is 11.9 Å². The van der Waals surface area contributed by atoms with Gasteiger partial charge in [0.1, 0.15) is 0 Å². The molecule has 0 saturated carbocycles. The Morgan fingerprint density at radius 1 is 0.474 bits per heavy atom. The van der Waals surface area contributed by atoms with E-state index in [2.05, 4.69) is 26.0 Å². The van der Waals surface area contributed by atoms with Gasteiger partial charge in [0.25, 0.3) is 0 Å². The summed E-state index contributed by atoms with van der Waals surface area (Å²) in [6.07, 6.45) is 39.2. The number of carboxylic acid groups (broad SMARTS) is 1. The summed E-state index contributed by atoms with van der Waals surface area (Å²) in [5.41, 5.74) is 5.10. The molecule has 0 aromatic heterocycles. The predicted molar refractivity (Wildman–Crippen MR) is 167 cm³/mol. The Balaban J connectivity index is 0. The molecule has 226 valence electrons. The van der Waals surface area contributed by atoms with E-state index in [0.717, 1.165) is 25.7 Å². The molecule has 0 unspecified atom stereocenters. The molecule has 0 aliphatic heterocycles. The van der Waals surface area contributed by atoms with Crippen LogP contribution in [0, 0.1) is 0 Å². The molecule has 3 N–H and O–H groups in total. The van der Waals surface area contributed by atoms with E-state index in [1.54, 1.807) is 0 Å². The maximum atomic E-state index is 10.5. The van der Waals surface area contributed by atoms with E-state index in [9.17, 15) is 9.59 Å². The Bertz CT molecular complexity index is 504. The topological polar surface area (TPSA) is 80.4 Å². The average molecular weight is 538 g/mol. The number of rotatable bonds is 29. The summed E-state index contributed by atoms with van der Waals surface area (Å²) in [5, 5.41) is 8.49. The molecule has 0 spiro atoms. The molecule has 0 rings (SSSR count). The molecule has 4 heteroatoms. The molecule has 1 amide bonds. The average Bonchev–Trinajstić information content (AvgIpc) is 2.89. The molecular formula is C34H67NO3. The van der Waals surface area contributed by atoms with E-state index < -0.39 is 5.97 Å². The van der Waals surface area contributed by atoms with Gasteiger partial charge in [-0.3, -0.25) is 9.59 Å². The Hall–Kier alpha value is -1.32. The van der Waals surface area contributed by atoms with Crippen molar-refractivity contribution in [2.45, 2.75) is 194 Å². The molecule has 0 aromatic rings. The summed E-state index contributed by atoms with van der Waals surface area (Å²) >= 11 is 0. The molecule has 0 aliphatic carbocycles. The van der Waals surface area contributed by atoms with E-state index in [-0.39, 0.29) is 5.91 Å². The highest BCUT2D eigenvalue weighted by molar-refractivity contribution is 5.73. The monoisotopic (exact) mass is 538 g/mol. The fraction of sp³-hybridized carbons (Fsp3) is 0.882. The van der Waals surface area contributed by atoms with Crippen molar-refractivity contribution in [2.24, 2.45) is 5.73 Å². The zero-order chi connectivity index (χ0) is 28.4. The third kappa shape index (κ3) is 41.8. The molecule has 0 atom stereocenters. The van der Waals surface area contributed by atoms with Gasteiger partial charge in [0.15, 0.2) is 0 Å². The van der Waals surface area contributed by atoms with E-state index in [1.807, 2.05) is 0 Å². The molecular weight excluding hydrogens is 470 g/mol. The lowest BCUT2D eigenvalue weighted by Gasteiger charge is -2.02. The van der Waals surface area contributed by atoms with E-state index >= 15 is 0 Å². The van der Waals surface area contributed by atoms with Gasteiger partial charge in [-0.25, -0.2) is 0 Å². The summed E-state index contributed by atoms with van der Waals surface area (Å²) in [5.74, 6) is -0.819. The van der Waals surface area contributed by atoms with Gasteiger partial charge < -0.3 is 10.8 Å². The van der Waals surface area contributed by atoms with Crippen LogP contribution in [0.25, 0.3) is 0 Å². The van der Waals surface area contributed by atoms with Crippen LogP contribution in [0.15, 0.2) is 12.2 Å². The summed E-state index contributed by atoms with van der Waals surface area (Å²) in [6.45, 7) is 4.52. The van der Waals surface area contributed by atoms with Crippen LogP contribution in [-0.4, -0.2) is 17.0 Å². The van der Waals surface area contributed by atoms with Crippen LogP contribution in [0.1, 0.15) is 194 Å². The van der Waals surface area contributed by atoms with E-state index in [4.69, 9.17) is 10.8 Å². The number of aliphatic carboxylic acids is 1. The highest BCUT2D eigenvalue weighted by Crippen LogP contribution is 2.13. The lowest BCUT2D eigenvalue weighted by molar-refractivity contribution is -0.137. The van der Waals surface area contributed by atoms with Crippen molar-refractivity contribution in [3.8, 4) is 0 Å². The molecule has 0 aromatic carbocycles. The highest BCUT2D eigenvalue weighted by atomic mass is 16.4. The van der Waals surface area contributed by atoms with Gasteiger partial charge in [-0.2, -0.15) is 0 Å². The second-order valence-corrected chi connectivity index (χ2v) is 11.2. The first-order chi connectivity index (χ1) is 18.5. The van der Waals surface area contributed by atoms with Crippen LogP contribution >= 0.6 is 0 Å². The number of hydrogen-bond donors (Lipinski definition) is 2. The number of unbranched alkanes of at least 4 members (excludes halogenated alkanes) is 23. The maximum Gasteiger partial charge on any atom is 0.303 e. The summed E-state index contributed by atoms with van der Waals surface area (Å²) in [4.78, 5) is 20.8. The number of carbonyl (C=O) groups is 2. The minimum absolute atomic E-state index is 0.164. The van der Waals surface area contributed by atoms with Gasteiger partial charge in [0.05, 0.1) is 0 Å². The van der Waals surface area contributed by atoms with Gasteiger partial charge in [-0.15, -0.1) is 0 Å². The number of allylic oxidation sites excluding steroid dienone is 2. The van der Waals surface area contributed by atoms with Crippen molar-refractivity contribution in [1.29, 1.82) is 0 Å². The van der Waals surface area contributed by atoms with E-state index in [1.165, 1.54) is 141 Å². The van der Waals surface area contributed by atoms with Crippen molar-refractivity contribution in [2.75, 3.05) is 0 Å². The Morgan fingerprint density at radius 3 is 1.08 bits per heavy atom. The SMILES string of the molecule is CCCCCCCC/C=C\CCCCCCCC(N)=O.CCCCCCCCCCCCCCCC(=O)O. The summed E-state index contributed by atoms with van der Waals surface area (Å²) in [7, 11) is 0. The minimum atomic E-state index is -0.655. The maximum absolute atomic E-state index is 10.5. The van der Waals surface area contributed by atoms with Crippen molar-refractivity contribution in [3.63, 3.8) is 0 Å². The van der Waals surface area contributed by atoms with Crippen LogP contribution in [0.3, 0.4) is 0 Å². The first-order valence-electron chi connectivity index (χ1n) is 16.7. The third-order valence-corrected chi connectivity index (χ3v) is 7.18. The highest BCUT2D eigenvalue weighted by Gasteiger charge is 1.97. The van der Waals surface area contributed by atoms with Crippen molar-refractivity contribution < 1.29 is 14.7 Å². The Labute approximate surface area is 238 Å². The van der Waals surface area contributed by atoms with E-state index in [0.29, 0.717) is 12.8 Å². The second-order valence-electron chi connectivity index (χ2n) is 11.2. The Kier molecular flexibility index (Phi) is 36.5. The van der Waals surface area contributed by atoms with Gasteiger partial charge in [-0.05, 0) is 38.5 Å². The van der Waals surface area contributed by atoms with Gasteiger partial charge in [-0.1, -0.05) is 154 Å². The molecule has 0 radical (unpaired) electrons. The normalized spacial score (nSPS) is 11.0. The zero-order valence-electron chi connectivity index (χ0n) is 25.8. The number of amides is 1. The zero-order valence-corrected chi connectivity index (χ0v) is 25.8. The van der Waals surface area contributed by atoms with Gasteiger partial charge >= 0.3 is 5.97 Å². The number of carboxylic acids is 1. The first kappa shape index (κ1) is 38.8. The minimum Gasteiger partial charge on any atom is -0.481 e. The molecule has 4 nitrogen and oxygen atoms in total. The van der Waals surface area contributed by atoms with Gasteiger partial charge in [0.2, 0.25) is 5.91 Å².